The molecule has 28 heavy (non-hydrogen) atoms. The number of benzene rings is 1. The molecule has 0 aliphatic carbocycles. The van der Waals surface area contributed by atoms with Crippen molar-refractivity contribution in [2.45, 2.75) is 16.7 Å². The highest BCUT2D eigenvalue weighted by molar-refractivity contribution is 14.0. The smallest absolute Gasteiger partial charge is 0.406 e. The first-order chi connectivity index (χ1) is 12.5. The molecule has 1 heterocycles. The van der Waals surface area contributed by atoms with Gasteiger partial charge in [-0.15, -0.1) is 48.5 Å². The van der Waals surface area contributed by atoms with Crippen molar-refractivity contribution in [2.75, 3.05) is 17.6 Å². The summed E-state index contributed by atoms with van der Waals surface area (Å²) in [4.78, 5) is 3.83. The minimum Gasteiger partial charge on any atom is -0.406 e. The lowest BCUT2D eigenvalue weighted by Gasteiger charge is -2.11. The summed E-state index contributed by atoms with van der Waals surface area (Å²) < 4.78 is 64.2. The van der Waals surface area contributed by atoms with E-state index in [-0.39, 0.29) is 40.7 Å². The second kappa shape index (κ2) is 10.3. The minimum absolute atomic E-state index is 0. The monoisotopic (exact) mass is 551 g/mol. The normalized spacial score (nSPS) is 13.5. The van der Waals surface area contributed by atoms with Gasteiger partial charge in [0.25, 0.3) is 0 Å². The molecule has 156 valence electrons. The molecular formula is C15H17F3IN3O4S2. The van der Waals surface area contributed by atoms with Gasteiger partial charge in [-0.2, -0.15) is 0 Å². The molecule has 0 spiro atoms. The fourth-order valence-electron chi connectivity index (χ4n) is 1.96. The molecule has 2 rings (SSSR count). The molecule has 0 radical (unpaired) electrons. The Balaban J connectivity index is 0.00000392. The van der Waals surface area contributed by atoms with Crippen molar-refractivity contribution in [1.29, 1.82) is 0 Å². The number of rotatable bonds is 7. The summed E-state index contributed by atoms with van der Waals surface area (Å²) in [5.74, 6) is -1.03. The molecule has 1 unspecified atom stereocenters. The fraction of sp³-hybridized carbons (Fsp3) is 0.267. The number of aliphatic hydroxyl groups excluding tert-OH is 1. The van der Waals surface area contributed by atoms with E-state index >= 15 is 0 Å². The molecule has 0 amide bonds. The Kier molecular flexibility index (Phi) is 8.97. The van der Waals surface area contributed by atoms with Crippen LogP contribution in [0.1, 0.15) is 0 Å². The zero-order valence-corrected chi connectivity index (χ0v) is 18.1. The summed E-state index contributed by atoms with van der Waals surface area (Å²) in [5, 5.41) is 14.1. The van der Waals surface area contributed by atoms with Crippen LogP contribution in [-0.4, -0.2) is 44.2 Å². The molecule has 0 bridgehead atoms. The van der Waals surface area contributed by atoms with Crippen LogP contribution in [-0.2, 0) is 9.84 Å². The van der Waals surface area contributed by atoms with Gasteiger partial charge < -0.3 is 20.9 Å². The Labute approximate surface area is 180 Å². The number of anilines is 1. The number of hydrogen-bond acceptors (Lipinski definition) is 6. The van der Waals surface area contributed by atoms with E-state index < -0.39 is 33.8 Å². The number of guanidine groups is 1. The molecule has 4 N–H and O–H groups in total. The van der Waals surface area contributed by atoms with E-state index in [9.17, 15) is 26.7 Å². The van der Waals surface area contributed by atoms with Gasteiger partial charge in [-0.1, -0.05) is 6.07 Å². The highest BCUT2D eigenvalue weighted by Gasteiger charge is 2.30. The topological polar surface area (TPSA) is 114 Å². The molecule has 0 aliphatic rings. The van der Waals surface area contributed by atoms with E-state index in [1.54, 1.807) is 11.4 Å². The lowest BCUT2D eigenvalue weighted by Crippen LogP contribution is -2.28. The number of thiophene rings is 1. The van der Waals surface area contributed by atoms with Crippen molar-refractivity contribution in [2.24, 2.45) is 10.7 Å². The molecule has 1 atom stereocenters. The van der Waals surface area contributed by atoms with E-state index in [2.05, 4.69) is 15.0 Å². The number of hydrogen-bond donors (Lipinski definition) is 3. The lowest BCUT2D eigenvalue weighted by molar-refractivity contribution is -0.274. The maximum atomic E-state index is 12.1. The third-order valence-corrected chi connectivity index (χ3v) is 6.33. The Bertz CT molecular complexity index is 873. The number of nitrogens with two attached hydrogens (primary N) is 1. The van der Waals surface area contributed by atoms with E-state index in [4.69, 9.17) is 5.73 Å². The van der Waals surface area contributed by atoms with Crippen molar-refractivity contribution in [3.8, 4) is 5.75 Å². The summed E-state index contributed by atoms with van der Waals surface area (Å²) in [5.41, 5.74) is 5.96. The van der Waals surface area contributed by atoms with Crippen LogP contribution in [0, 0.1) is 0 Å². The molecule has 0 saturated carbocycles. The average Bonchev–Trinajstić information content (AvgIpc) is 3.08. The van der Waals surface area contributed by atoms with Crippen LogP contribution >= 0.6 is 35.3 Å². The van der Waals surface area contributed by atoms with Crippen LogP contribution < -0.4 is 15.8 Å². The average molecular weight is 551 g/mol. The highest BCUT2D eigenvalue weighted by Crippen LogP contribution is 2.24. The minimum atomic E-state index is -4.78. The van der Waals surface area contributed by atoms with Crippen LogP contribution in [0.25, 0.3) is 0 Å². The van der Waals surface area contributed by atoms with Crippen LogP contribution in [0.4, 0.5) is 18.9 Å². The molecule has 13 heteroatoms. The molecular weight excluding hydrogens is 534 g/mol. The first kappa shape index (κ1) is 24.5. The third-order valence-electron chi connectivity index (χ3n) is 3.05. The van der Waals surface area contributed by atoms with E-state index in [1.165, 1.54) is 18.2 Å². The molecule has 0 saturated heterocycles. The number of nitrogens with zero attached hydrogens (tertiary/aromatic N) is 1. The molecule has 7 nitrogen and oxygen atoms in total. The second-order valence-corrected chi connectivity index (χ2v) is 8.50. The van der Waals surface area contributed by atoms with Crippen molar-refractivity contribution >= 4 is 56.8 Å². The van der Waals surface area contributed by atoms with Crippen molar-refractivity contribution in [3.05, 3.63) is 41.8 Å². The molecule has 1 aromatic carbocycles. The maximum Gasteiger partial charge on any atom is 0.573 e. The predicted octanol–water partition coefficient (Wildman–Crippen LogP) is 2.83. The first-order valence-corrected chi connectivity index (χ1v) is 9.95. The van der Waals surface area contributed by atoms with Crippen LogP contribution in [0.5, 0.6) is 5.75 Å². The Morgan fingerprint density at radius 3 is 2.46 bits per heavy atom. The van der Waals surface area contributed by atoms with Crippen molar-refractivity contribution in [1.82, 2.24) is 0 Å². The van der Waals surface area contributed by atoms with E-state index in [1.807, 2.05) is 0 Å². The number of sulfone groups is 1. The largest absolute Gasteiger partial charge is 0.573 e. The molecule has 2 aromatic rings. The zero-order chi connectivity index (χ0) is 20.1. The van der Waals surface area contributed by atoms with Gasteiger partial charge in [0.1, 0.15) is 9.96 Å². The van der Waals surface area contributed by atoms with Crippen LogP contribution in [0.2, 0.25) is 0 Å². The predicted molar refractivity (Wildman–Crippen MR) is 111 cm³/mol. The van der Waals surface area contributed by atoms with Gasteiger partial charge in [0, 0.05) is 5.69 Å². The van der Waals surface area contributed by atoms with Gasteiger partial charge in [0.05, 0.1) is 18.4 Å². The van der Waals surface area contributed by atoms with Crippen molar-refractivity contribution < 1.29 is 31.4 Å². The third kappa shape index (κ3) is 8.20. The van der Waals surface area contributed by atoms with Gasteiger partial charge >= 0.3 is 6.36 Å². The van der Waals surface area contributed by atoms with E-state index in [0.29, 0.717) is 5.69 Å². The Morgan fingerprint density at radius 1 is 1.29 bits per heavy atom. The summed E-state index contributed by atoms with van der Waals surface area (Å²) in [6, 6.07) is 7.80. The maximum absolute atomic E-state index is 12.1. The standard InChI is InChI=1S/C15H16F3N3O4S2.HI/c16-15(17,18)25-12-5-3-10(4-6-12)21-14(19)20-8-11(22)9-27(23,24)13-2-1-7-26-13;/h1-7,11,22H,8-9H2,(H3,19,20,21);1H. The summed E-state index contributed by atoms with van der Waals surface area (Å²) in [6.45, 7) is -0.265. The zero-order valence-electron chi connectivity index (χ0n) is 14.1. The van der Waals surface area contributed by atoms with E-state index in [0.717, 1.165) is 23.5 Å². The van der Waals surface area contributed by atoms with Gasteiger partial charge in [-0.25, -0.2) is 8.42 Å². The number of alkyl halides is 3. The van der Waals surface area contributed by atoms with Gasteiger partial charge in [0.2, 0.25) is 0 Å². The molecule has 0 fully saturated rings. The Morgan fingerprint density at radius 2 is 1.93 bits per heavy atom. The summed E-state index contributed by atoms with van der Waals surface area (Å²) in [6.07, 6.45) is -6.05. The van der Waals surface area contributed by atoms with Gasteiger partial charge in [-0.3, -0.25) is 4.99 Å². The highest BCUT2D eigenvalue weighted by atomic mass is 127. The SMILES string of the molecule is I.NC(=NCC(O)CS(=O)(=O)c1cccs1)Nc1ccc(OC(F)(F)F)cc1. The Hall–Kier alpha value is -1.58. The number of aliphatic hydroxyl groups is 1. The van der Waals surface area contributed by atoms with Crippen molar-refractivity contribution in [3.63, 3.8) is 0 Å². The number of halogens is 4. The van der Waals surface area contributed by atoms with Crippen LogP contribution in [0.3, 0.4) is 0 Å². The van der Waals surface area contributed by atoms with Gasteiger partial charge in [0.15, 0.2) is 15.8 Å². The quantitative estimate of drug-likeness (QED) is 0.277. The number of ether oxygens (including phenoxy) is 1. The number of nitrogens with one attached hydrogen (secondary N) is 1. The fourth-order valence-corrected chi connectivity index (χ4v) is 4.43. The first-order valence-electron chi connectivity index (χ1n) is 7.42. The lowest BCUT2D eigenvalue weighted by atomic mass is 10.3. The summed E-state index contributed by atoms with van der Waals surface area (Å²) in [7, 11) is -3.61. The number of aliphatic imine (C=N–C) groups is 1. The molecule has 1 aromatic heterocycles. The molecule has 0 aliphatic heterocycles. The summed E-state index contributed by atoms with van der Waals surface area (Å²) >= 11 is 1.05. The van der Waals surface area contributed by atoms with Crippen LogP contribution in [0.15, 0.2) is 51.0 Å². The van der Waals surface area contributed by atoms with Gasteiger partial charge in [-0.05, 0) is 35.7 Å². The second-order valence-electron chi connectivity index (χ2n) is 5.29.